The van der Waals surface area contributed by atoms with Gasteiger partial charge in [-0.3, -0.25) is 9.59 Å². The van der Waals surface area contributed by atoms with Crippen molar-refractivity contribution < 1.29 is 19.8 Å². The molecule has 1 atom stereocenters. The Morgan fingerprint density at radius 3 is 2.42 bits per heavy atom. The van der Waals surface area contributed by atoms with Crippen molar-refractivity contribution in [1.29, 1.82) is 0 Å². The van der Waals surface area contributed by atoms with Crippen LogP contribution in [0.3, 0.4) is 0 Å². The molecule has 1 aromatic rings. The van der Waals surface area contributed by atoms with Crippen LogP contribution in [0.4, 0.5) is 0 Å². The molecular formula is C13H18N2O4. The van der Waals surface area contributed by atoms with Crippen LogP contribution >= 0.6 is 0 Å². The average molecular weight is 266 g/mol. The largest absolute Gasteiger partial charge is 0.394 e. The summed E-state index contributed by atoms with van der Waals surface area (Å²) in [6.07, 6.45) is -0.989. The van der Waals surface area contributed by atoms with Crippen molar-refractivity contribution in [2.75, 3.05) is 19.7 Å². The van der Waals surface area contributed by atoms with Crippen LogP contribution in [0.5, 0.6) is 0 Å². The molecule has 6 heteroatoms. The smallest absolute Gasteiger partial charge is 0.251 e. The Bertz CT molecular complexity index is 431. The van der Waals surface area contributed by atoms with Crippen molar-refractivity contribution in [3.8, 4) is 0 Å². The second kappa shape index (κ2) is 7.50. The molecule has 0 aliphatic heterocycles. The molecule has 1 aromatic carbocycles. The Morgan fingerprint density at radius 2 is 1.84 bits per heavy atom. The molecule has 0 bridgehead atoms. The van der Waals surface area contributed by atoms with Crippen molar-refractivity contribution in [2.24, 2.45) is 0 Å². The molecule has 104 valence electrons. The van der Waals surface area contributed by atoms with Crippen molar-refractivity contribution >= 4 is 11.8 Å². The third kappa shape index (κ3) is 5.50. The van der Waals surface area contributed by atoms with Gasteiger partial charge in [0, 0.05) is 12.1 Å². The maximum absolute atomic E-state index is 11.7. The number of aliphatic hydroxyl groups is 2. The summed E-state index contributed by atoms with van der Waals surface area (Å²) in [5.41, 5.74) is 1.53. The SMILES string of the molecule is Cc1ccc(C(=O)NCC(=O)NCC(O)CO)cc1. The highest BCUT2D eigenvalue weighted by molar-refractivity contribution is 5.96. The van der Waals surface area contributed by atoms with Gasteiger partial charge in [0.2, 0.25) is 5.91 Å². The highest BCUT2D eigenvalue weighted by atomic mass is 16.3. The van der Waals surface area contributed by atoms with Gasteiger partial charge < -0.3 is 20.8 Å². The minimum atomic E-state index is -0.989. The zero-order chi connectivity index (χ0) is 14.3. The van der Waals surface area contributed by atoms with E-state index in [9.17, 15) is 9.59 Å². The number of benzene rings is 1. The van der Waals surface area contributed by atoms with Crippen LogP contribution < -0.4 is 10.6 Å². The van der Waals surface area contributed by atoms with E-state index in [0.717, 1.165) is 5.56 Å². The summed E-state index contributed by atoms with van der Waals surface area (Å²) in [5, 5.41) is 22.5. The lowest BCUT2D eigenvalue weighted by molar-refractivity contribution is -0.120. The summed E-state index contributed by atoms with van der Waals surface area (Å²) in [6.45, 7) is 1.28. The normalized spacial score (nSPS) is 11.7. The minimum absolute atomic E-state index is 0.0459. The van der Waals surface area contributed by atoms with Gasteiger partial charge in [0.1, 0.15) is 0 Å². The molecule has 0 saturated heterocycles. The van der Waals surface area contributed by atoms with E-state index >= 15 is 0 Å². The predicted molar refractivity (Wildman–Crippen MR) is 69.6 cm³/mol. The van der Waals surface area contributed by atoms with Crippen LogP contribution in [0.25, 0.3) is 0 Å². The molecule has 2 amide bonds. The van der Waals surface area contributed by atoms with E-state index in [1.807, 2.05) is 19.1 Å². The summed E-state index contributed by atoms with van der Waals surface area (Å²) >= 11 is 0. The molecule has 0 fully saturated rings. The third-order valence-corrected chi connectivity index (χ3v) is 2.47. The number of hydrogen-bond acceptors (Lipinski definition) is 4. The second-order valence-electron chi connectivity index (χ2n) is 4.19. The number of amides is 2. The number of hydrogen-bond donors (Lipinski definition) is 4. The summed E-state index contributed by atoms with van der Waals surface area (Å²) in [7, 11) is 0. The van der Waals surface area contributed by atoms with Crippen LogP contribution in [0.1, 0.15) is 15.9 Å². The Morgan fingerprint density at radius 1 is 1.21 bits per heavy atom. The number of carbonyl (C=O) groups excluding carboxylic acids is 2. The molecule has 0 radical (unpaired) electrons. The molecule has 4 N–H and O–H groups in total. The third-order valence-electron chi connectivity index (χ3n) is 2.47. The topological polar surface area (TPSA) is 98.7 Å². The van der Waals surface area contributed by atoms with Gasteiger partial charge >= 0.3 is 0 Å². The van der Waals surface area contributed by atoms with Crippen LogP contribution in [0.2, 0.25) is 0 Å². The fourth-order valence-electron chi connectivity index (χ4n) is 1.33. The zero-order valence-electron chi connectivity index (χ0n) is 10.7. The summed E-state index contributed by atoms with van der Waals surface area (Å²) in [5.74, 6) is -0.759. The molecule has 0 aromatic heterocycles. The highest BCUT2D eigenvalue weighted by Gasteiger charge is 2.09. The fourth-order valence-corrected chi connectivity index (χ4v) is 1.33. The van der Waals surface area contributed by atoms with E-state index in [0.29, 0.717) is 5.56 Å². The van der Waals surface area contributed by atoms with Gasteiger partial charge in [0.05, 0.1) is 19.3 Å². The molecule has 0 aliphatic carbocycles. The Balaban J connectivity index is 2.34. The van der Waals surface area contributed by atoms with E-state index in [-0.39, 0.29) is 19.0 Å². The standard InChI is InChI=1S/C13H18N2O4/c1-9-2-4-10(5-3-9)13(19)15-7-12(18)14-6-11(17)8-16/h2-5,11,16-17H,6-8H2,1H3,(H,14,18)(H,15,19). The Labute approximate surface area is 111 Å². The van der Waals surface area contributed by atoms with Crippen molar-refractivity contribution in [3.63, 3.8) is 0 Å². The first-order valence-electron chi connectivity index (χ1n) is 5.93. The van der Waals surface area contributed by atoms with Crippen molar-refractivity contribution in [1.82, 2.24) is 10.6 Å². The van der Waals surface area contributed by atoms with Gasteiger partial charge in [-0.2, -0.15) is 0 Å². The van der Waals surface area contributed by atoms with Gasteiger partial charge in [-0.25, -0.2) is 0 Å². The summed E-state index contributed by atoms with van der Waals surface area (Å²) in [4.78, 5) is 23.0. The summed E-state index contributed by atoms with van der Waals surface area (Å²) in [6, 6.07) is 6.98. The van der Waals surface area contributed by atoms with E-state index < -0.39 is 18.6 Å². The van der Waals surface area contributed by atoms with Crippen LogP contribution in [-0.4, -0.2) is 47.8 Å². The van der Waals surface area contributed by atoms with Crippen LogP contribution in [-0.2, 0) is 4.79 Å². The predicted octanol–water partition coefficient (Wildman–Crippen LogP) is -0.806. The maximum atomic E-state index is 11.7. The van der Waals surface area contributed by atoms with Crippen LogP contribution in [0, 0.1) is 6.92 Å². The molecule has 0 saturated carbocycles. The number of carbonyl (C=O) groups is 2. The van der Waals surface area contributed by atoms with E-state index in [1.54, 1.807) is 12.1 Å². The van der Waals surface area contributed by atoms with Gasteiger partial charge in [-0.15, -0.1) is 0 Å². The first-order valence-corrected chi connectivity index (χ1v) is 5.93. The van der Waals surface area contributed by atoms with Crippen molar-refractivity contribution in [2.45, 2.75) is 13.0 Å². The number of nitrogens with one attached hydrogen (secondary N) is 2. The fraction of sp³-hybridized carbons (Fsp3) is 0.385. The van der Waals surface area contributed by atoms with E-state index in [4.69, 9.17) is 10.2 Å². The molecule has 0 aliphatic rings. The summed E-state index contributed by atoms with van der Waals surface area (Å²) < 4.78 is 0. The number of rotatable bonds is 6. The van der Waals surface area contributed by atoms with Gasteiger partial charge in [0.15, 0.2) is 0 Å². The van der Waals surface area contributed by atoms with Crippen LogP contribution in [0.15, 0.2) is 24.3 Å². The van der Waals surface area contributed by atoms with Crippen molar-refractivity contribution in [3.05, 3.63) is 35.4 Å². The quantitative estimate of drug-likeness (QED) is 0.541. The highest BCUT2D eigenvalue weighted by Crippen LogP contribution is 2.02. The van der Waals surface area contributed by atoms with Gasteiger partial charge in [-0.05, 0) is 19.1 Å². The lowest BCUT2D eigenvalue weighted by Crippen LogP contribution is -2.40. The zero-order valence-corrected chi connectivity index (χ0v) is 10.7. The first kappa shape index (κ1) is 15.1. The lowest BCUT2D eigenvalue weighted by atomic mass is 10.1. The molecule has 6 nitrogen and oxygen atoms in total. The monoisotopic (exact) mass is 266 g/mol. The number of aliphatic hydroxyl groups excluding tert-OH is 2. The lowest BCUT2D eigenvalue weighted by Gasteiger charge is -2.09. The van der Waals surface area contributed by atoms with E-state index in [1.165, 1.54) is 0 Å². The first-order chi connectivity index (χ1) is 9.02. The van der Waals surface area contributed by atoms with Gasteiger partial charge in [-0.1, -0.05) is 17.7 Å². The molecule has 0 heterocycles. The van der Waals surface area contributed by atoms with Gasteiger partial charge in [0.25, 0.3) is 5.91 Å². The Hall–Kier alpha value is -1.92. The average Bonchev–Trinajstić information content (AvgIpc) is 2.42. The molecule has 1 rings (SSSR count). The maximum Gasteiger partial charge on any atom is 0.251 e. The second-order valence-corrected chi connectivity index (χ2v) is 4.19. The number of aryl methyl sites for hydroxylation is 1. The molecular weight excluding hydrogens is 248 g/mol. The molecule has 19 heavy (non-hydrogen) atoms. The molecule has 0 spiro atoms. The van der Waals surface area contributed by atoms with E-state index in [2.05, 4.69) is 10.6 Å². The molecule has 1 unspecified atom stereocenters. The Kier molecular flexibility index (Phi) is 5.98. The minimum Gasteiger partial charge on any atom is -0.394 e.